The highest BCUT2D eigenvalue weighted by atomic mass is 16.5. The lowest BCUT2D eigenvalue weighted by atomic mass is 10.1. The van der Waals surface area contributed by atoms with Crippen LogP contribution in [0.25, 0.3) is 5.69 Å². The molecule has 19 heavy (non-hydrogen) atoms. The molecule has 0 fully saturated rings. The number of aryl methyl sites for hydroxylation is 2. The summed E-state index contributed by atoms with van der Waals surface area (Å²) < 4.78 is 6.64. The Balaban J connectivity index is 2.60. The summed E-state index contributed by atoms with van der Waals surface area (Å²) in [6.45, 7) is 5.90. The maximum Gasteiger partial charge on any atom is 0.341 e. The molecule has 0 atom stereocenters. The molecule has 0 unspecified atom stereocenters. The van der Waals surface area contributed by atoms with Crippen LogP contribution in [0.4, 0.5) is 0 Å². The smallest absolute Gasteiger partial charge is 0.341 e. The molecule has 2 aromatic rings. The van der Waals surface area contributed by atoms with Crippen LogP contribution in [0, 0.1) is 13.8 Å². The first kappa shape index (κ1) is 13.3. The average molecular weight is 258 g/mol. The molecule has 0 radical (unpaired) electrons. The van der Waals surface area contributed by atoms with Crippen LogP contribution in [0.1, 0.15) is 34.2 Å². The van der Waals surface area contributed by atoms with Gasteiger partial charge in [0.25, 0.3) is 0 Å². The molecule has 0 N–H and O–H groups in total. The van der Waals surface area contributed by atoms with Gasteiger partial charge in [-0.25, -0.2) is 9.48 Å². The molecule has 0 aliphatic carbocycles. The number of nitrogens with zero attached hydrogens (tertiary/aromatic N) is 2. The zero-order valence-electron chi connectivity index (χ0n) is 11.7. The highest BCUT2D eigenvalue weighted by Gasteiger charge is 2.21. The Bertz CT molecular complexity index is 615. The number of carbonyl (C=O) groups is 1. The molecule has 0 spiro atoms. The Kier molecular flexibility index (Phi) is 3.69. The Morgan fingerprint density at radius 3 is 2.68 bits per heavy atom. The minimum absolute atomic E-state index is 0.326. The number of hydrogen-bond donors (Lipinski definition) is 0. The summed E-state index contributed by atoms with van der Waals surface area (Å²) in [5, 5.41) is 4.52. The molecule has 100 valence electrons. The molecule has 2 rings (SSSR count). The molecular formula is C15H18N2O2. The van der Waals surface area contributed by atoms with Crippen molar-refractivity contribution in [1.82, 2.24) is 9.78 Å². The summed E-state index contributed by atoms with van der Waals surface area (Å²) >= 11 is 0. The van der Waals surface area contributed by atoms with E-state index in [2.05, 4.69) is 5.10 Å². The number of aromatic nitrogens is 2. The molecule has 1 aromatic carbocycles. The molecule has 4 heteroatoms. The predicted octanol–water partition coefficient (Wildman–Crippen LogP) is 2.84. The van der Waals surface area contributed by atoms with Crippen LogP contribution in [-0.4, -0.2) is 22.9 Å². The Morgan fingerprint density at radius 1 is 1.37 bits per heavy atom. The van der Waals surface area contributed by atoms with Gasteiger partial charge in [0.05, 0.1) is 24.2 Å². The first-order chi connectivity index (χ1) is 9.08. The highest BCUT2D eigenvalue weighted by Crippen LogP contribution is 2.20. The largest absolute Gasteiger partial charge is 0.465 e. The van der Waals surface area contributed by atoms with E-state index in [9.17, 15) is 4.79 Å². The number of carbonyl (C=O) groups excluding carboxylic acids is 1. The monoisotopic (exact) mass is 258 g/mol. The molecule has 0 aliphatic heterocycles. The number of esters is 1. The lowest BCUT2D eigenvalue weighted by Crippen LogP contribution is -2.06. The summed E-state index contributed by atoms with van der Waals surface area (Å²) in [6.07, 6.45) is 0.699. The van der Waals surface area contributed by atoms with Crippen molar-refractivity contribution >= 4 is 5.97 Å². The third kappa shape index (κ3) is 2.38. The second kappa shape index (κ2) is 5.26. The second-order valence-corrected chi connectivity index (χ2v) is 4.50. The van der Waals surface area contributed by atoms with Gasteiger partial charge in [-0.15, -0.1) is 0 Å². The Hall–Kier alpha value is -2.10. The quantitative estimate of drug-likeness (QED) is 0.795. The summed E-state index contributed by atoms with van der Waals surface area (Å²) in [4.78, 5) is 11.9. The van der Waals surface area contributed by atoms with E-state index in [1.54, 1.807) is 4.68 Å². The molecule has 0 aliphatic rings. The molecule has 0 saturated heterocycles. The van der Waals surface area contributed by atoms with Gasteiger partial charge in [0.2, 0.25) is 0 Å². The summed E-state index contributed by atoms with van der Waals surface area (Å²) in [6, 6.07) is 8.04. The van der Waals surface area contributed by atoms with Crippen molar-refractivity contribution in [2.24, 2.45) is 0 Å². The van der Waals surface area contributed by atoms with Crippen molar-refractivity contribution in [2.45, 2.75) is 27.2 Å². The van der Waals surface area contributed by atoms with Gasteiger partial charge in [0.1, 0.15) is 5.56 Å². The van der Waals surface area contributed by atoms with E-state index >= 15 is 0 Å². The van der Waals surface area contributed by atoms with Gasteiger partial charge < -0.3 is 4.74 Å². The third-order valence-electron chi connectivity index (χ3n) is 3.16. The van der Waals surface area contributed by atoms with Crippen LogP contribution in [0.3, 0.4) is 0 Å². The van der Waals surface area contributed by atoms with Crippen LogP contribution in [-0.2, 0) is 11.2 Å². The minimum Gasteiger partial charge on any atom is -0.465 e. The van der Waals surface area contributed by atoms with E-state index < -0.39 is 0 Å². The number of methoxy groups -OCH3 is 1. The van der Waals surface area contributed by atoms with Gasteiger partial charge in [0, 0.05) is 0 Å². The van der Waals surface area contributed by atoms with Crippen LogP contribution in [0.15, 0.2) is 24.3 Å². The van der Waals surface area contributed by atoms with Gasteiger partial charge in [-0.1, -0.05) is 19.1 Å². The molecule has 0 saturated carbocycles. The average Bonchev–Trinajstić information content (AvgIpc) is 2.75. The number of hydrogen-bond acceptors (Lipinski definition) is 3. The maximum atomic E-state index is 11.9. The molecule has 0 amide bonds. The Morgan fingerprint density at radius 2 is 2.11 bits per heavy atom. The van der Waals surface area contributed by atoms with Crippen molar-refractivity contribution < 1.29 is 9.53 Å². The predicted molar refractivity (Wildman–Crippen MR) is 73.8 cm³/mol. The van der Waals surface area contributed by atoms with Crippen molar-refractivity contribution in [3.05, 3.63) is 46.8 Å². The van der Waals surface area contributed by atoms with Gasteiger partial charge >= 0.3 is 5.97 Å². The zero-order chi connectivity index (χ0) is 14.0. The normalized spacial score (nSPS) is 10.5. The maximum absolute atomic E-state index is 11.9. The third-order valence-corrected chi connectivity index (χ3v) is 3.16. The summed E-state index contributed by atoms with van der Waals surface area (Å²) in [5.74, 6) is -0.326. The van der Waals surface area contributed by atoms with Crippen LogP contribution in [0.2, 0.25) is 0 Å². The van der Waals surface area contributed by atoms with Gasteiger partial charge in [-0.05, 0) is 38.0 Å². The lowest BCUT2D eigenvalue weighted by molar-refractivity contribution is 0.0598. The molecule has 1 aromatic heterocycles. The van der Waals surface area contributed by atoms with E-state index in [4.69, 9.17) is 4.74 Å². The topological polar surface area (TPSA) is 44.1 Å². The minimum atomic E-state index is -0.326. The van der Waals surface area contributed by atoms with Crippen LogP contribution in [0.5, 0.6) is 0 Å². The molecule has 4 nitrogen and oxygen atoms in total. The fraction of sp³-hybridized carbons (Fsp3) is 0.333. The highest BCUT2D eigenvalue weighted by molar-refractivity contribution is 5.92. The van der Waals surface area contributed by atoms with Crippen LogP contribution >= 0.6 is 0 Å². The molecule has 1 heterocycles. The number of benzene rings is 1. The van der Waals surface area contributed by atoms with Crippen LogP contribution < -0.4 is 0 Å². The first-order valence-electron chi connectivity index (χ1n) is 6.32. The van der Waals surface area contributed by atoms with Crippen molar-refractivity contribution in [1.29, 1.82) is 0 Å². The van der Waals surface area contributed by atoms with E-state index in [0.29, 0.717) is 12.0 Å². The fourth-order valence-corrected chi connectivity index (χ4v) is 2.19. The zero-order valence-corrected chi connectivity index (χ0v) is 11.7. The number of rotatable bonds is 3. The molecule has 0 bridgehead atoms. The lowest BCUT2D eigenvalue weighted by Gasteiger charge is -2.05. The summed E-state index contributed by atoms with van der Waals surface area (Å²) in [7, 11) is 1.39. The SMILES string of the molecule is CCc1nn(-c2cccc(C)c2)c(C)c1C(=O)OC. The summed E-state index contributed by atoms with van der Waals surface area (Å²) in [5.41, 5.74) is 4.28. The van der Waals surface area contributed by atoms with Gasteiger partial charge in [-0.3, -0.25) is 0 Å². The fourth-order valence-electron chi connectivity index (χ4n) is 2.19. The van der Waals surface area contributed by atoms with E-state index in [0.717, 1.165) is 22.6 Å². The van der Waals surface area contributed by atoms with E-state index in [-0.39, 0.29) is 5.97 Å². The first-order valence-corrected chi connectivity index (χ1v) is 6.32. The van der Waals surface area contributed by atoms with Crippen molar-refractivity contribution in [2.75, 3.05) is 7.11 Å². The van der Waals surface area contributed by atoms with Gasteiger partial charge in [-0.2, -0.15) is 5.10 Å². The van der Waals surface area contributed by atoms with Crippen molar-refractivity contribution in [3.63, 3.8) is 0 Å². The van der Waals surface area contributed by atoms with E-state index in [1.165, 1.54) is 7.11 Å². The van der Waals surface area contributed by atoms with E-state index in [1.807, 2.05) is 45.0 Å². The second-order valence-electron chi connectivity index (χ2n) is 4.50. The van der Waals surface area contributed by atoms with Crippen molar-refractivity contribution in [3.8, 4) is 5.69 Å². The molecular weight excluding hydrogens is 240 g/mol. The number of ether oxygens (including phenoxy) is 1. The van der Waals surface area contributed by atoms with Gasteiger partial charge in [0.15, 0.2) is 0 Å². The standard InChI is InChI=1S/C15H18N2O2/c1-5-13-14(15(18)19-4)11(3)17(16-13)12-8-6-7-10(2)9-12/h6-9H,5H2,1-4H3. The Labute approximate surface area is 113 Å².